The molecule has 30 heavy (non-hydrogen) atoms. The molecular formula is C19H27ClN6O4. The zero-order chi connectivity index (χ0) is 21.6. The number of nitrogens with two attached hydrogens (primary N) is 3. The van der Waals surface area contributed by atoms with Crippen LogP contribution < -0.4 is 33.5 Å². The van der Waals surface area contributed by atoms with Gasteiger partial charge in [-0.05, 0) is 44.4 Å². The number of nitrogens with zero attached hydrogens (tertiary/aromatic N) is 1. The van der Waals surface area contributed by atoms with Crippen molar-refractivity contribution in [3.63, 3.8) is 0 Å². The molecular weight excluding hydrogens is 412 g/mol. The monoisotopic (exact) mass is 438 g/mol. The topological polar surface area (TPSA) is 179 Å². The highest BCUT2D eigenvalue weighted by molar-refractivity contribution is 5.99. The van der Waals surface area contributed by atoms with E-state index in [0.717, 1.165) is 10.9 Å². The van der Waals surface area contributed by atoms with Crippen LogP contribution in [0, 0.1) is 6.92 Å². The Balaban J connectivity index is 0.00000450. The van der Waals surface area contributed by atoms with Crippen LogP contribution in [0.2, 0.25) is 0 Å². The van der Waals surface area contributed by atoms with Gasteiger partial charge in [0.15, 0.2) is 5.96 Å². The van der Waals surface area contributed by atoms with E-state index < -0.39 is 29.5 Å². The van der Waals surface area contributed by atoms with Crippen molar-refractivity contribution in [1.29, 1.82) is 0 Å². The Labute approximate surface area is 179 Å². The molecule has 0 saturated carbocycles. The molecule has 0 aliphatic carbocycles. The normalized spacial score (nSPS) is 12.4. The Morgan fingerprint density at radius 3 is 2.53 bits per heavy atom. The van der Waals surface area contributed by atoms with E-state index in [9.17, 15) is 14.4 Å². The molecule has 2 rings (SSSR count). The second kappa shape index (κ2) is 11.2. The number of fused-ring (bicyclic) bond motifs is 1. The standard InChI is InChI=1S/C19H26N6O4.ClH/c1-10-8-16(26)29-15-9-12(5-6-13(10)15)24-18(28)14(25-17(27)11(2)20)4-3-7-23-19(21)22;/h5-6,8-9,11,14H,3-4,7,20H2,1-2H3,(H,24,28)(H,25,27)(H4,21,22,23);1H/t11-,14-;/m0./s1. The highest BCUT2D eigenvalue weighted by atomic mass is 35.5. The fourth-order valence-corrected chi connectivity index (χ4v) is 2.71. The quantitative estimate of drug-likeness (QED) is 0.170. The van der Waals surface area contributed by atoms with E-state index in [1.807, 2.05) is 0 Å². The Bertz CT molecular complexity index is 985. The third kappa shape index (κ3) is 7.05. The van der Waals surface area contributed by atoms with Crippen LogP contribution in [0.3, 0.4) is 0 Å². The molecule has 11 heteroatoms. The van der Waals surface area contributed by atoms with Gasteiger partial charge in [-0.2, -0.15) is 0 Å². The summed E-state index contributed by atoms with van der Waals surface area (Å²) in [6.07, 6.45) is 0.782. The second-order valence-corrected chi connectivity index (χ2v) is 6.75. The number of hydrogen-bond donors (Lipinski definition) is 5. The minimum absolute atomic E-state index is 0. The van der Waals surface area contributed by atoms with Crippen molar-refractivity contribution in [1.82, 2.24) is 5.32 Å². The third-order valence-electron chi connectivity index (χ3n) is 4.21. The fourth-order valence-electron chi connectivity index (χ4n) is 2.71. The molecule has 2 atom stereocenters. The van der Waals surface area contributed by atoms with Crippen molar-refractivity contribution >= 4 is 46.8 Å². The second-order valence-electron chi connectivity index (χ2n) is 6.75. The number of nitrogens with one attached hydrogen (secondary N) is 2. The van der Waals surface area contributed by atoms with Crippen LogP contribution in [-0.2, 0) is 9.59 Å². The van der Waals surface area contributed by atoms with Gasteiger partial charge in [-0.1, -0.05) is 0 Å². The van der Waals surface area contributed by atoms with Gasteiger partial charge in [0.05, 0.1) is 6.04 Å². The molecule has 0 radical (unpaired) electrons. The number of amides is 2. The molecule has 0 unspecified atom stereocenters. The number of rotatable bonds is 8. The van der Waals surface area contributed by atoms with Gasteiger partial charge in [0.2, 0.25) is 11.8 Å². The summed E-state index contributed by atoms with van der Waals surface area (Å²) in [6.45, 7) is 3.64. The maximum atomic E-state index is 12.7. The molecule has 0 saturated heterocycles. The molecule has 1 aromatic carbocycles. The summed E-state index contributed by atoms with van der Waals surface area (Å²) in [7, 11) is 0. The van der Waals surface area contributed by atoms with Gasteiger partial charge in [0.25, 0.3) is 0 Å². The van der Waals surface area contributed by atoms with Crippen molar-refractivity contribution in [2.45, 2.75) is 38.8 Å². The molecule has 0 spiro atoms. The van der Waals surface area contributed by atoms with Crippen molar-refractivity contribution in [2.24, 2.45) is 22.2 Å². The third-order valence-corrected chi connectivity index (χ3v) is 4.21. The van der Waals surface area contributed by atoms with Crippen molar-refractivity contribution in [3.05, 3.63) is 40.2 Å². The maximum absolute atomic E-state index is 12.7. The maximum Gasteiger partial charge on any atom is 0.336 e. The van der Waals surface area contributed by atoms with Gasteiger partial charge in [-0.15, -0.1) is 12.4 Å². The first-order valence-corrected chi connectivity index (χ1v) is 9.14. The van der Waals surface area contributed by atoms with E-state index in [-0.39, 0.29) is 18.4 Å². The molecule has 1 aromatic heterocycles. The first-order chi connectivity index (χ1) is 13.7. The average molecular weight is 439 g/mol. The summed E-state index contributed by atoms with van der Waals surface area (Å²) in [5.74, 6) is -0.927. The molecule has 0 bridgehead atoms. The number of halogens is 1. The van der Waals surface area contributed by atoms with Gasteiger partial charge in [0.1, 0.15) is 11.6 Å². The lowest BCUT2D eigenvalue weighted by atomic mass is 10.1. The largest absolute Gasteiger partial charge is 0.423 e. The summed E-state index contributed by atoms with van der Waals surface area (Å²) in [4.78, 5) is 40.1. The molecule has 1 heterocycles. The lowest BCUT2D eigenvalue weighted by Crippen LogP contribution is -2.49. The van der Waals surface area contributed by atoms with E-state index in [4.69, 9.17) is 21.6 Å². The number of aliphatic imine (C=N–C) groups is 1. The van der Waals surface area contributed by atoms with E-state index >= 15 is 0 Å². The summed E-state index contributed by atoms with van der Waals surface area (Å²) >= 11 is 0. The lowest BCUT2D eigenvalue weighted by molar-refractivity contribution is -0.127. The number of carbonyl (C=O) groups is 2. The minimum Gasteiger partial charge on any atom is -0.423 e. The minimum atomic E-state index is -0.831. The number of hydrogen-bond acceptors (Lipinski definition) is 6. The SMILES string of the molecule is Cc1cc(=O)oc2cc(NC(=O)[C@H](CCCN=C(N)N)NC(=O)[C@H](C)N)ccc12.Cl. The van der Waals surface area contributed by atoms with E-state index in [0.29, 0.717) is 30.7 Å². The lowest BCUT2D eigenvalue weighted by Gasteiger charge is -2.19. The zero-order valence-corrected chi connectivity index (χ0v) is 17.6. The summed E-state index contributed by atoms with van der Waals surface area (Å²) in [6, 6.07) is 4.81. The van der Waals surface area contributed by atoms with Crippen LogP contribution in [0.15, 0.2) is 38.5 Å². The first-order valence-electron chi connectivity index (χ1n) is 9.14. The van der Waals surface area contributed by atoms with Crippen molar-refractivity contribution in [3.8, 4) is 0 Å². The highest BCUT2D eigenvalue weighted by Gasteiger charge is 2.22. The van der Waals surface area contributed by atoms with E-state index in [1.165, 1.54) is 13.0 Å². The first kappa shape index (κ1) is 24.9. The predicted molar refractivity (Wildman–Crippen MR) is 119 cm³/mol. The molecule has 8 N–H and O–H groups in total. The summed E-state index contributed by atoms with van der Waals surface area (Å²) in [5.41, 5.74) is 17.3. The predicted octanol–water partition coefficient (Wildman–Crippen LogP) is 0.347. The van der Waals surface area contributed by atoms with Crippen LogP contribution in [0.25, 0.3) is 11.0 Å². The van der Waals surface area contributed by atoms with Crippen LogP contribution in [0.4, 0.5) is 5.69 Å². The summed E-state index contributed by atoms with van der Waals surface area (Å²) < 4.78 is 5.19. The Morgan fingerprint density at radius 2 is 1.90 bits per heavy atom. The van der Waals surface area contributed by atoms with Gasteiger partial charge < -0.3 is 32.3 Å². The number of carbonyl (C=O) groups excluding carboxylic acids is 2. The highest BCUT2D eigenvalue weighted by Crippen LogP contribution is 2.21. The molecule has 0 fully saturated rings. The van der Waals surface area contributed by atoms with E-state index in [1.54, 1.807) is 25.1 Å². The number of aryl methyl sites for hydroxylation is 1. The Kier molecular flexibility index (Phi) is 9.28. The van der Waals surface area contributed by atoms with Gasteiger partial charge >= 0.3 is 5.63 Å². The van der Waals surface area contributed by atoms with Crippen LogP contribution in [0.5, 0.6) is 0 Å². The molecule has 0 aliphatic heterocycles. The van der Waals surface area contributed by atoms with Gasteiger partial charge in [-0.25, -0.2) is 4.79 Å². The van der Waals surface area contributed by atoms with Crippen LogP contribution in [0.1, 0.15) is 25.3 Å². The van der Waals surface area contributed by atoms with Crippen molar-refractivity contribution in [2.75, 3.05) is 11.9 Å². The molecule has 164 valence electrons. The van der Waals surface area contributed by atoms with Crippen LogP contribution in [-0.4, -0.2) is 36.4 Å². The van der Waals surface area contributed by atoms with Gasteiger partial charge in [-0.3, -0.25) is 14.6 Å². The van der Waals surface area contributed by atoms with Gasteiger partial charge in [0, 0.05) is 29.8 Å². The van der Waals surface area contributed by atoms with Crippen molar-refractivity contribution < 1.29 is 14.0 Å². The molecule has 0 aliphatic rings. The number of guanidine groups is 1. The number of benzene rings is 1. The number of anilines is 1. The average Bonchev–Trinajstić information content (AvgIpc) is 2.63. The zero-order valence-electron chi connectivity index (χ0n) is 16.8. The summed E-state index contributed by atoms with van der Waals surface area (Å²) in [5, 5.41) is 6.11. The molecule has 2 amide bonds. The molecule has 2 aromatic rings. The molecule has 10 nitrogen and oxygen atoms in total. The smallest absolute Gasteiger partial charge is 0.336 e. The van der Waals surface area contributed by atoms with E-state index in [2.05, 4.69) is 15.6 Å². The Morgan fingerprint density at radius 1 is 1.20 bits per heavy atom. The Hall–Kier alpha value is -3.11. The fraction of sp³-hybridized carbons (Fsp3) is 0.368. The van der Waals surface area contributed by atoms with Crippen LogP contribution >= 0.6 is 12.4 Å².